The molecule has 0 aliphatic heterocycles. The number of amides is 4. The molecule has 0 saturated carbocycles. The van der Waals surface area contributed by atoms with E-state index in [0.29, 0.717) is 0 Å². The third kappa shape index (κ3) is 7.08. The van der Waals surface area contributed by atoms with Crippen LogP contribution in [0.3, 0.4) is 0 Å². The maximum Gasteiger partial charge on any atom is 0.415 e. The summed E-state index contributed by atoms with van der Waals surface area (Å²) in [4.78, 5) is 32.1. The van der Waals surface area contributed by atoms with E-state index in [-0.39, 0.29) is 0 Å². The van der Waals surface area contributed by atoms with Crippen molar-refractivity contribution in [1.29, 1.82) is 0 Å². The molecule has 0 bridgehead atoms. The summed E-state index contributed by atoms with van der Waals surface area (Å²) in [6.07, 6.45) is -0.892. The predicted molar refractivity (Wildman–Crippen MR) is 48.6 cm³/mol. The fraction of sp³-hybridized carbons (Fsp3) is 0.625. The number of nitrogens with one attached hydrogen (secondary N) is 2. The molecule has 0 aliphatic carbocycles. The zero-order valence-corrected chi connectivity index (χ0v) is 8.63. The van der Waals surface area contributed by atoms with Gasteiger partial charge in [0.1, 0.15) is 5.60 Å². The van der Waals surface area contributed by atoms with Crippen molar-refractivity contribution in [1.82, 2.24) is 10.6 Å². The van der Waals surface area contributed by atoms with Gasteiger partial charge in [-0.1, -0.05) is 0 Å². The van der Waals surface area contributed by atoms with E-state index in [9.17, 15) is 14.4 Å². The van der Waals surface area contributed by atoms with E-state index in [1.54, 1.807) is 20.8 Å². The third-order valence-electron chi connectivity index (χ3n) is 0.904. The molecule has 0 aromatic heterocycles. The van der Waals surface area contributed by atoms with E-state index in [1.807, 2.05) is 10.6 Å². The highest BCUT2D eigenvalue weighted by Gasteiger charge is 2.18. The number of alkyl carbamates (subject to hydrolysis) is 1. The number of ether oxygens (including phenoxy) is 1. The van der Waals surface area contributed by atoms with E-state index >= 15 is 0 Å². The highest BCUT2D eigenvalue weighted by Crippen LogP contribution is 2.05. The van der Waals surface area contributed by atoms with Gasteiger partial charge in [0, 0.05) is 6.92 Å². The van der Waals surface area contributed by atoms with Crippen molar-refractivity contribution in [2.45, 2.75) is 33.3 Å². The smallest absolute Gasteiger partial charge is 0.415 e. The second-order valence-corrected chi connectivity index (χ2v) is 3.64. The maximum atomic E-state index is 10.9. The summed E-state index contributed by atoms with van der Waals surface area (Å²) in [5, 5.41) is 3.71. The molecule has 6 heteroatoms. The van der Waals surface area contributed by atoms with Gasteiger partial charge in [-0.05, 0) is 20.8 Å². The number of carbonyl (C=O) groups is 3. The molecule has 0 aliphatic rings. The van der Waals surface area contributed by atoms with Gasteiger partial charge in [-0.2, -0.15) is 0 Å². The highest BCUT2D eigenvalue weighted by atomic mass is 16.6. The third-order valence-corrected chi connectivity index (χ3v) is 0.904. The Balaban J connectivity index is 3.96. The van der Waals surface area contributed by atoms with Crippen molar-refractivity contribution in [2.75, 3.05) is 0 Å². The average Bonchev–Trinajstić information content (AvgIpc) is 1.77. The highest BCUT2D eigenvalue weighted by molar-refractivity contribution is 5.99. The summed E-state index contributed by atoms with van der Waals surface area (Å²) in [6.45, 7) is 6.15. The molecular weight excluding hydrogens is 188 g/mol. The van der Waals surface area contributed by atoms with Gasteiger partial charge in [-0.15, -0.1) is 0 Å². The number of rotatable bonds is 0. The molecule has 14 heavy (non-hydrogen) atoms. The van der Waals surface area contributed by atoms with Crippen molar-refractivity contribution in [3.05, 3.63) is 0 Å². The summed E-state index contributed by atoms with van der Waals surface area (Å²) in [5.74, 6) is -0.550. The molecule has 2 N–H and O–H groups in total. The lowest BCUT2D eigenvalue weighted by molar-refractivity contribution is -0.117. The molecule has 0 rings (SSSR count). The van der Waals surface area contributed by atoms with E-state index in [0.717, 1.165) is 6.92 Å². The van der Waals surface area contributed by atoms with Gasteiger partial charge < -0.3 is 4.74 Å². The minimum Gasteiger partial charge on any atom is -0.443 e. The van der Waals surface area contributed by atoms with Crippen LogP contribution in [0.2, 0.25) is 0 Å². The molecule has 0 fully saturated rings. The Morgan fingerprint density at radius 2 is 1.57 bits per heavy atom. The molecule has 0 aromatic carbocycles. The number of carbonyl (C=O) groups excluding carboxylic acids is 3. The largest absolute Gasteiger partial charge is 0.443 e. The molecule has 0 unspecified atom stereocenters. The van der Waals surface area contributed by atoms with Crippen molar-refractivity contribution in [2.24, 2.45) is 0 Å². The second-order valence-electron chi connectivity index (χ2n) is 3.64. The number of hydrogen-bond acceptors (Lipinski definition) is 4. The molecule has 0 atom stereocenters. The van der Waals surface area contributed by atoms with Crippen molar-refractivity contribution < 1.29 is 19.1 Å². The Morgan fingerprint density at radius 3 is 1.93 bits per heavy atom. The van der Waals surface area contributed by atoms with Crippen LogP contribution in [-0.2, 0) is 9.53 Å². The molecule has 0 spiro atoms. The molecular formula is C8H14N2O4. The summed E-state index contributed by atoms with van der Waals surface area (Å²) in [5.41, 5.74) is -0.680. The molecule has 6 nitrogen and oxygen atoms in total. The number of imide groups is 2. The van der Waals surface area contributed by atoms with Crippen LogP contribution in [0, 0.1) is 0 Å². The van der Waals surface area contributed by atoms with Gasteiger partial charge in [-0.3, -0.25) is 10.1 Å². The van der Waals surface area contributed by atoms with E-state index in [4.69, 9.17) is 4.74 Å². The lowest BCUT2D eigenvalue weighted by Gasteiger charge is -2.19. The van der Waals surface area contributed by atoms with Crippen molar-refractivity contribution in [3.8, 4) is 0 Å². The standard InChI is InChI=1S/C8H14N2O4/c1-5(11)9-6(12)10-7(13)14-8(2,3)4/h1-4H3,(H2,9,10,11,12,13). The first-order chi connectivity index (χ1) is 6.20. The Morgan fingerprint density at radius 1 is 1.07 bits per heavy atom. The number of hydrogen-bond donors (Lipinski definition) is 2. The minimum atomic E-state index is -0.897. The minimum absolute atomic E-state index is 0.550. The molecule has 4 amide bonds. The van der Waals surface area contributed by atoms with Crippen LogP contribution in [0.4, 0.5) is 9.59 Å². The zero-order valence-electron chi connectivity index (χ0n) is 8.63. The van der Waals surface area contributed by atoms with E-state index in [1.165, 1.54) is 0 Å². The van der Waals surface area contributed by atoms with Crippen LogP contribution in [0.15, 0.2) is 0 Å². The van der Waals surface area contributed by atoms with Crippen molar-refractivity contribution in [3.63, 3.8) is 0 Å². The zero-order chi connectivity index (χ0) is 11.4. The van der Waals surface area contributed by atoms with Crippen LogP contribution in [0.25, 0.3) is 0 Å². The lowest BCUT2D eigenvalue weighted by atomic mass is 10.2. The van der Waals surface area contributed by atoms with Crippen LogP contribution in [0.5, 0.6) is 0 Å². The first-order valence-corrected chi connectivity index (χ1v) is 4.02. The first-order valence-electron chi connectivity index (χ1n) is 4.02. The normalized spacial score (nSPS) is 10.3. The molecule has 0 saturated heterocycles. The monoisotopic (exact) mass is 202 g/mol. The Kier molecular flexibility index (Phi) is 4.07. The summed E-state index contributed by atoms with van der Waals surface area (Å²) in [7, 11) is 0. The summed E-state index contributed by atoms with van der Waals surface area (Å²) >= 11 is 0. The van der Waals surface area contributed by atoms with Crippen LogP contribution < -0.4 is 10.6 Å². The fourth-order valence-electron chi connectivity index (χ4n) is 0.587. The van der Waals surface area contributed by atoms with E-state index < -0.39 is 23.6 Å². The quantitative estimate of drug-likeness (QED) is 0.607. The SMILES string of the molecule is CC(=O)NC(=O)NC(=O)OC(C)(C)C. The van der Waals surface area contributed by atoms with Gasteiger partial charge >= 0.3 is 12.1 Å². The van der Waals surface area contributed by atoms with Gasteiger partial charge in [0.15, 0.2) is 0 Å². The van der Waals surface area contributed by atoms with Crippen LogP contribution in [0.1, 0.15) is 27.7 Å². The molecule has 0 aromatic rings. The molecule has 0 heterocycles. The molecule has 80 valence electrons. The van der Waals surface area contributed by atoms with E-state index in [2.05, 4.69) is 0 Å². The van der Waals surface area contributed by atoms with Gasteiger partial charge in [0.2, 0.25) is 5.91 Å². The number of urea groups is 1. The summed E-state index contributed by atoms with van der Waals surface area (Å²) in [6, 6.07) is -0.897. The van der Waals surface area contributed by atoms with Gasteiger partial charge in [-0.25, -0.2) is 14.9 Å². The topological polar surface area (TPSA) is 84.5 Å². The Bertz CT molecular complexity index is 255. The predicted octanol–water partition coefficient (Wildman–Crippen LogP) is 0.767. The van der Waals surface area contributed by atoms with Gasteiger partial charge in [0.05, 0.1) is 0 Å². The Labute approximate surface area is 82.0 Å². The average molecular weight is 202 g/mol. The van der Waals surface area contributed by atoms with Gasteiger partial charge in [0.25, 0.3) is 0 Å². The fourth-order valence-corrected chi connectivity index (χ4v) is 0.587. The summed E-state index contributed by atoms with van der Waals surface area (Å²) < 4.78 is 4.77. The van der Waals surface area contributed by atoms with Crippen LogP contribution >= 0.6 is 0 Å². The first kappa shape index (κ1) is 12.4. The lowest BCUT2D eigenvalue weighted by Crippen LogP contribution is -2.43. The van der Waals surface area contributed by atoms with Crippen LogP contribution in [-0.4, -0.2) is 23.6 Å². The second kappa shape index (κ2) is 4.59. The van der Waals surface area contributed by atoms with Crippen molar-refractivity contribution >= 4 is 18.0 Å². The Hall–Kier alpha value is -1.59. The maximum absolute atomic E-state index is 10.9. The molecule has 0 radical (unpaired) electrons.